The van der Waals surface area contributed by atoms with Gasteiger partial charge in [0.05, 0.1) is 12.5 Å². The van der Waals surface area contributed by atoms with Crippen molar-refractivity contribution in [3.63, 3.8) is 0 Å². The van der Waals surface area contributed by atoms with Gasteiger partial charge in [0.15, 0.2) is 0 Å². The summed E-state index contributed by atoms with van der Waals surface area (Å²) in [6.45, 7) is 7.20. The van der Waals surface area contributed by atoms with E-state index in [9.17, 15) is 9.59 Å². The van der Waals surface area contributed by atoms with Gasteiger partial charge in [-0.3, -0.25) is 9.59 Å². The van der Waals surface area contributed by atoms with Gasteiger partial charge in [0.25, 0.3) is 0 Å². The number of hydrogen-bond donors (Lipinski definition) is 3. The van der Waals surface area contributed by atoms with Crippen LogP contribution in [0.1, 0.15) is 18.4 Å². The summed E-state index contributed by atoms with van der Waals surface area (Å²) in [5.74, 6) is -0.912. The lowest BCUT2D eigenvalue weighted by Crippen LogP contribution is -2.45. The SMILES string of the molecule is C=CC[C@H](CN[C@@H](CC(N)=O)C(N)=O)Cn1ccc2cc(C)ccc21. The highest BCUT2D eigenvalue weighted by atomic mass is 16.2. The topological polar surface area (TPSA) is 103 Å². The number of nitrogens with two attached hydrogens (primary N) is 2. The molecule has 0 saturated heterocycles. The molecule has 0 saturated carbocycles. The molecule has 5 N–H and O–H groups in total. The minimum atomic E-state index is -0.742. The van der Waals surface area contributed by atoms with Gasteiger partial charge in [-0.25, -0.2) is 0 Å². The van der Waals surface area contributed by atoms with Crippen LogP contribution in [0, 0.1) is 12.8 Å². The van der Waals surface area contributed by atoms with Crippen molar-refractivity contribution >= 4 is 22.7 Å². The second-order valence-electron chi connectivity index (χ2n) is 6.45. The number of rotatable bonds is 10. The summed E-state index contributed by atoms with van der Waals surface area (Å²) >= 11 is 0. The number of nitrogens with zero attached hydrogens (tertiary/aromatic N) is 1. The highest BCUT2D eigenvalue weighted by molar-refractivity contribution is 5.86. The zero-order valence-electron chi connectivity index (χ0n) is 14.6. The van der Waals surface area contributed by atoms with Crippen LogP contribution in [0.2, 0.25) is 0 Å². The smallest absolute Gasteiger partial charge is 0.235 e. The minimum absolute atomic E-state index is 0.0954. The first-order valence-electron chi connectivity index (χ1n) is 8.38. The molecule has 1 aromatic heterocycles. The first-order valence-corrected chi connectivity index (χ1v) is 8.38. The molecule has 1 heterocycles. The molecule has 2 amide bonds. The van der Waals surface area contributed by atoms with E-state index in [2.05, 4.69) is 53.8 Å². The maximum absolute atomic E-state index is 11.5. The van der Waals surface area contributed by atoms with Crippen molar-refractivity contribution in [3.8, 4) is 0 Å². The molecule has 2 atom stereocenters. The maximum Gasteiger partial charge on any atom is 0.235 e. The van der Waals surface area contributed by atoms with Crippen LogP contribution in [0.25, 0.3) is 10.9 Å². The Balaban J connectivity index is 2.07. The third kappa shape index (κ3) is 5.19. The van der Waals surface area contributed by atoms with E-state index >= 15 is 0 Å². The van der Waals surface area contributed by atoms with Crippen molar-refractivity contribution in [2.24, 2.45) is 17.4 Å². The van der Waals surface area contributed by atoms with Gasteiger partial charge < -0.3 is 21.4 Å². The zero-order chi connectivity index (χ0) is 18.4. The molecule has 0 aliphatic rings. The van der Waals surface area contributed by atoms with Gasteiger partial charge in [-0.1, -0.05) is 17.7 Å². The van der Waals surface area contributed by atoms with E-state index in [0.29, 0.717) is 6.54 Å². The summed E-state index contributed by atoms with van der Waals surface area (Å²) in [7, 11) is 0. The number of hydrogen-bond acceptors (Lipinski definition) is 3. The van der Waals surface area contributed by atoms with Gasteiger partial charge in [-0.2, -0.15) is 0 Å². The summed E-state index contributed by atoms with van der Waals surface area (Å²) in [6, 6.07) is 7.72. The second kappa shape index (κ2) is 8.48. The van der Waals surface area contributed by atoms with Gasteiger partial charge in [0, 0.05) is 24.8 Å². The summed E-state index contributed by atoms with van der Waals surface area (Å²) in [5.41, 5.74) is 12.9. The number of aromatic nitrogens is 1. The number of aryl methyl sites for hydroxylation is 1. The lowest BCUT2D eigenvalue weighted by molar-refractivity contribution is -0.125. The number of nitrogens with one attached hydrogen (secondary N) is 1. The first-order chi connectivity index (χ1) is 11.9. The number of primary amides is 2. The van der Waals surface area contributed by atoms with E-state index in [4.69, 9.17) is 11.5 Å². The lowest BCUT2D eigenvalue weighted by atomic mass is 10.0. The Morgan fingerprint density at radius 3 is 2.72 bits per heavy atom. The van der Waals surface area contributed by atoms with Gasteiger partial charge in [-0.15, -0.1) is 6.58 Å². The second-order valence-corrected chi connectivity index (χ2v) is 6.45. The third-order valence-electron chi connectivity index (χ3n) is 4.28. The lowest BCUT2D eigenvalue weighted by Gasteiger charge is -2.21. The fourth-order valence-electron chi connectivity index (χ4n) is 3.00. The molecule has 6 nitrogen and oxygen atoms in total. The molecular formula is C19H26N4O2. The Labute approximate surface area is 147 Å². The molecule has 0 unspecified atom stereocenters. The van der Waals surface area contributed by atoms with Gasteiger partial charge >= 0.3 is 0 Å². The summed E-state index contributed by atoms with van der Waals surface area (Å²) in [5, 5.41) is 4.27. The van der Waals surface area contributed by atoms with E-state index in [0.717, 1.165) is 13.0 Å². The largest absolute Gasteiger partial charge is 0.370 e. The predicted octanol–water partition coefficient (Wildman–Crippen LogP) is 1.46. The average molecular weight is 342 g/mol. The fraction of sp³-hybridized carbons (Fsp3) is 0.368. The molecule has 0 aliphatic carbocycles. The Morgan fingerprint density at radius 1 is 1.32 bits per heavy atom. The maximum atomic E-state index is 11.5. The average Bonchev–Trinajstić information content (AvgIpc) is 2.92. The zero-order valence-corrected chi connectivity index (χ0v) is 14.6. The Bertz CT molecular complexity index is 766. The molecule has 6 heteroatoms. The minimum Gasteiger partial charge on any atom is -0.370 e. The van der Waals surface area contributed by atoms with Crippen molar-refractivity contribution in [2.75, 3.05) is 6.54 Å². The van der Waals surface area contributed by atoms with Crippen molar-refractivity contribution in [1.82, 2.24) is 9.88 Å². The number of fused-ring (bicyclic) bond motifs is 1. The molecule has 134 valence electrons. The summed E-state index contributed by atoms with van der Waals surface area (Å²) in [4.78, 5) is 22.5. The number of carbonyl (C=O) groups is 2. The number of amides is 2. The molecule has 0 spiro atoms. The normalized spacial score (nSPS) is 13.5. The van der Waals surface area contributed by atoms with Crippen LogP contribution in [-0.2, 0) is 16.1 Å². The highest BCUT2D eigenvalue weighted by Crippen LogP contribution is 2.19. The standard InChI is InChI=1S/C19H26N4O2/c1-3-4-14(11-22-16(19(21)25)10-18(20)24)12-23-8-7-15-9-13(2)5-6-17(15)23/h3,5-9,14,16,22H,1,4,10-12H2,2H3,(H2,20,24)(H2,21,25)/t14-,16+/m1/s1. The van der Waals surface area contributed by atoms with E-state index in [1.54, 1.807) is 0 Å². The highest BCUT2D eigenvalue weighted by Gasteiger charge is 2.19. The quantitative estimate of drug-likeness (QED) is 0.569. The van der Waals surface area contributed by atoms with E-state index in [1.165, 1.54) is 16.5 Å². The van der Waals surface area contributed by atoms with Crippen LogP contribution >= 0.6 is 0 Å². The molecule has 0 radical (unpaired) electrons. The predicted molar refractivity (Wildman–Crippen MR) is 99.8 cm³/mol. The third-order valence-corrected chi connectivity index (χ3v) is 4.28. The first kappa shape index (κ1) is 18.7. The van der Waals surface area contributed by atoms with Crippen LogP contribution in [0.5, 0.6) is 0 Å². The van der Waals surface area contributed by atoms with Crippen molar-refractivity contribution in [1.29, 1.82) is 0 Å². The number of benzene rings is 1. The molecule has 2 rings (SSSR count). The van der Waals surface area contributed by atoms with Crippen molar-refractivity contribution in [3.05, 3.63) is 48.7 Å². The van der Waals surface area contributed by atoms with Crippen LogP contribution < -0.4 is 16.8 Å². The molecule has 25 heavy (non-hydrogen) atoms. The molecule has 1 aromatic carbocycles. The van der Waals surface area contributed by atoms with E-state index < -0.39 is 17.9 Å². The molecule has 2 aromatic rings. The molecular weight excluding hydrogens is 316 g/mol. The molecule has 0 bridgehead atoms. The van der Waals surface area contributed by atoms with Crippen LogP contribution in [0.4, 0.5) is 0 Å². The van der Waals surface area contributed by atoms with Gasteiger partial charge in [0.1, 0.15) is 0 Å². The Kier molecular flexibility index (Phi) is 6.36. The van der Waals surface area contributed by atoms with Crippen LogP contribution in [0.15, 0.2) is 43.1 Å². The number of carbonyl (C=O) groups excluding carboxylic acids is 2. The van der Waals surface area contributed by atoms with Crippen molar-refractivity contribution < 1.29 is 9.59 Å². The molecule has 0 fully saturated rings. The fourth-order valence-corrected chi connectivity index (χ4v) is 3.00. The summed E-state index contributed by atoms with van der Waals surface area (Å²) < 4.78 is 2.19. The van der Waals surface area contributed by atoms with Gasteiger partial charge in [0.2, 0.25) is 11.8 Å². The Morgan fingerprint density at radius 2 is 2.08 bits per heavy atom. The Hall–Kier alpha value is -2.60. The number of allylic oxidation sites excluding steroid dienone is 1. The van der Waals surface area contributed by atoms with E-state index in [1.807, 2.05) is 6.08 Å². The van der Waals surface area contributed by atoms with Crippen LogP contribution in [-0.4, -0.2) is 29.0 Å². The van der Waals surface area contributed by atoms with Gasteiger partial charge in [-0.05, 0) is 42.8 Å². The van der Waals surface area contributed by atoms with Crippen LogP contribution in [0.3, 0.4) is 0 Å². The van der Waals surface area contributed by atoms with Crippen molar-refractivity contribution in [2.45, 2.75) is 32.4 Å². The monoisotopic (exact) mass is 342 g/mol. The molecule has 0 aliphatic heterocycles. The summed E-state index contributed by atoms with van der Waals surface area (Å²) in [6.07, 6.45) is 4.60. The van der Waals surface area contributed by atoms with E-state index in [-0.39, 0.29) is 12.3 Å².